The van der Waals surface area contributed by atoms with Gasteiger partial charge < -0.3 is 0 Å². The van der Waals surface area contributed by atoms with Crippen LogP contribution in [0.3, 0.4) is 0 Å². The van der Waals surface area contributed by atoms with Crippen LogP contribution in [0.4, 0.5) is 0 Å². The molecule has 1 nitrogen and oxygen atoms in total. The number of hydrogen-bond acceptors (Lipinski definition) is 2. The molecule has 0 saturated heterocycles. The average molecular weight is 188 g/mol. The number of carbonyl (C=O) groups excluding carboxylic acids is 1. The lowest BCUT2D eigenvalue weighted by molar-refractivity contribution is -0.109. The predicted molar refractivity (Wildman–Crippen MR) is 56.4 cm³/mol. The predicted octanol–water partition coefficient (Wildman–Crippen LogP) is 3.48. The Morgan fingerprint density at radius 2 is 1.58 bits per heavy atom. The maximum absolute atomic E-state index is 10.9. The summed E-state index contributed by atoms with van der Waals surface area (Å²) in [6.07, 6.45) is 1.06. The second-order valence-corrected chi connectivity index (χ2v) is 6.97. The molecular weight excluding hydrogens is 168 g/mol. The highest BCUT2D eigenvalue weighted by Crippen LogP contribution is 2.36. The van der Waals surface area contributed by atoms with E-state index in [1.54, 1.807) is 6.92 Å². The van der Waals surface area contributed by atoms with Gasteiger partial charge in [0.2, 0.25) is 0 Å². The number of carbonyl (C=O) groups is 1. The van der Waals surface area contributed by atoms with Gasteiger partial charge >= 0.3 is 0 Å². The quantitative estimate of drug-likeness (QED) is 0.660. The van der Waals surface area contributed by atoms with Gasteiger partial charge in [-0.2, -0.15) is 0 Å². The minimum Gasteiger partial charge on any atom is -0.288 e. The molecule has 0 fully saturated rings. The third kappa shape index (κ3) is 6.71. The average Bonchev–Trinajstić information content (AvgIpc) is 1.48. The molecule has 0 amide bonds. The maximum Gasteiger partial charge on any atom is 0.186 e. The van der Waals surface area contributed by atoms with Gasteiger partial charge in [-0.3, -0.25) is 4.79 Å². The molecule has 0 spiro atoms. The third-order valence-electron chi connectivity index (χ3n) is 1.38. The normalized spacial score (nSPS) is 13.2. The molecule has 0 heterocycles. The summed E-state index contributed by atoms with van der Waals surface area (Å²) in [4.78, 5) is 10.9. The van der Waals surface area contributed by atoms with Gasteiger partial charge in [0.1, 0.15) is 0 Å². The topological polar surface area (TPSA) is 17.1 Å². The first kappa shape index (κ1) is 12.0. The summed E-state index contributed by atoms with van der Waals surface area (Å²) < 4.78 is 0.0735. The summed E-state index contributed by atoms with van der Waals surface area (Å²) in [6.45, 7) is 12.5. The molecule has 0 rings (SSSR count). The lowest BCUT2D eigenvalue weighted by atomic mass is 9.86. The van der Waals surface area contributed by atoms with Gasteiger partial charge in [0.15, 0.2) is 5.12 Å². The van der Waals surface area contributed by atoms with E-state index in [0.29, 0.717) is 5.41 Å². The van der Waals surface area contributed by atoms with Crippen LogP contribution in [0.15, 0.2) is 0 Å². The molecule has 0 aromatic rings. The van der Waals surface area contributed by atoms with Gasteiger partial charge in [0.25, 0.3) is 0 Å². The second kappa shape index (κ2) is 3.82. The fraction of sp³-hybridized carbons (Fsp3) is 0.900. The minimum absolute atomic E-state index is 0.0735. The Kier molecular flexibility index (Phi) is 3.83. The van der Waals surface area contributed by atoms with E-state index in [1.807, 2.05) is 0 Å². The largest absolute Gasteiger partial charge is 0.288 e. The molecule has 0 radical (unpaired) electrons. The Morgan fingerprint density at radius 1 is 1.17 bits per heavy atom. The van der Waals surface area contributed by atoms with Crippen molar-refractivity contribution in [3.8, 4) is 0 Å². The zero-order valence-corrected chi connectivity index (χ0v) is 9.84. The van der Waals surface area contributed by atoms with Crippen molar-refractivity contribution in [1.29, 1.82) is 0 Å². The lowest BCUT2D eigenvalue weighted by Gasteiger charge is -2.30. The maximum atomic E-state index is 10.9. The van der Waals surface area contributed by atoms with E-state index >= 15 is 0 Å². The van der Waals surface area contributed by atoms with Crippen LogP contribution >= 0.6 is 11.8 Å². The SMILES string of the molecule is CC(=O)SC(C)(C)CC(C)(C)C. The Balaban J connectivity index is 4.13. The van der Waals surface area contributed by atoms with Crippen LogP contribution < -0.4 is 0 Å². The molecule has 0 saturated carbocycles. The zero-order chi connectivity index (χ0) is 9.99. The monoisotopic (exact) mass is 188 g/mol. The summed E-state index contributed by atoms with van der Waals surface area (Å²) in [5.41, 5.74) is 0.298. The molecule has 0 unspecified atom stereocenters. The summed E-state index contributed by atoms with van der Waals surface area (Å²) in [6, 6.07) is 0. The highest BCUT2D eigenvalue weighted by atomic mass is 32.2. The van der Waals surface area contributed by atoms with Gasteiger partial charge in [-0.1, -0.05) is 46.4 Å². The van der Waals surface area contributed by atoms with Crippen LogP contribution in [0.25, 0.3) is 0 Å². The van der Waals surface area contributed by atoms with E-state index in [4.69, 9.17) is 0 Å². The zero-order valence-electron chi connectivity index (χ0n) is 9.02. The summed E-state index contributed by atoms with van der Waals surface area (Å²) in [5, 5.41) is 0.212. The van der Waals surface area contributed by atoms with E-state index in [0.717, 1.165) is 6.42 Å². The molecule has 12 heavy (non-hydrogen) atoms. The molecule has 0 aromatic heterocycles. The molecule has 0 aliphatic heterocycles. The standard InChI is InChI=1S/C10H20OS/c1-8(11)12-10(5,6)7-9(2,3)4/h7H2,1-6H3. The fourth-order valence-corrected chi connectivity index (χ4v) is 2.99. The van der Waals surface area contributed by atoms with Crippen LogP contribution in [0, 0.1) is 5.41 Å². The van der Waals surface area contributed by atoms with Gasteiger partial charge in [0, 0.05) is 11.7 Å². The molecular formula is C10H20OS. The minimum atomic E-state index is 0.0735. The molecule has 0 aliphatic rings. The molecule has 2 heteroatoms. The van der Waals surface area contributed by atoms with Crippen molar-refractivity contribution in [2.75, 3.05) is 0 Å². The van der Waals surface area contributed by atoms with Crippen molar-refractivity contribution in [2.24, 2.45) is 5.41 Å². The highest BCUT2D eigenvalue weighted by molar-refractivity contribution is 8.14. The molecule has 72 valence electrons. The van der Waals surface area contributed by atoms with Crippen molar-refractivity contribution >= 4 is 16.9 Å². The molecule has 0 atom stereocenters. The van der Waals surface area contributed by atoms with E-state index in [-0.39, 0.29) is 9.86 Å². The van der Waals surface area contributed by atoms with Gasteiger partial charge in [-0.15, -0.1) is 0 Å². The van der Waals surface area contributed by atoms with Crippen LogP contribution in [0.2, 0.25) is 0 Å². The first-order valence-corrected chi connectivity index (χ1v) is 5.14. The first-order valence-electron chi connectivity index (χ1n) is 4.32. The fourth-order valence-electron chi connectivity index (χ4n) is 1.70. The van der Waals surface area contributed by atoms with E-state index < -0.39 is 0 Å². The van der Waals surface area contributed by atoms with E-state index in [1.165, 1.54) is 11.8 Å². The Hall–Kier alpha value is 0.0200. The molecule has 0 aromatic carbocycles. The van der Waals surface area contributed by atoms with Crippen molar-refractivity contribution in [2.45, 2.75) is 52.7 Å². The number of rotatable bonds is 2. The van der Waals surface area contributed by atoms with Gasteiger partial charge in [-0.05, 0) is 11.8 Å². The van der Waals surface area contributed by atoms with E-state index in [9.17, 15) is 4.79 Å². The Morgan fingerprint density at radius 3 is 1.83 bits per heavy atom. The van der Waals surface area contributed by atoms with Gasteiger partial charge in [0.05, 0.1) is 0 Å². The smallest absolute Gasteiger partial charge is 0.186 e. The summed E-state index contributed by atoms with van der Waals surface area (Å²) in [5.74, 6) is 0. The highest BCUT2D eigenvalue weighted by Gasteiger charge is 2.27. The summed E-state index contributed by atoms with van der Waals surface area (Å²) in [7, 11) is 0. The van der Waals surface area contributed by atoms with Crippen molar-refractivity contribution in [3.05, 3.63) is 0 Å². The molecule has 0 aliphatic carbocycles. The van der Waals surface area contributed by atoms with Crippen LogP contribution in [0.5, 0.6) is 0 Å². The first-order chi connectivity index (χ1) is 5.12. The number of thioether (sulfide) groups is 1. The van der Waals surface area contributed by atoms with Crippen molar-refractivity contribution in [1.82, 2.24) is 0 Å². The van der Waals surface area contributed by atoms with Crippen LogP contribution in [-0.4, -0.2) is 9.86 Å². The lowest BCUT2D eigenvalue weighted by Crippen LogP contribution is -2.24. The molecule has 0 N–H and O–H groups in total. The van der Waals surface area contributed by atoms with E-state index in [2.05, 4.69) is 34.6 Å². The Labute approximate surface area is 80.3 Å². The van der Waals surface area contributed by atoms with Crippen molar-refractivity contribution < 1.29 is 4.79 Å². The van der Waals surface area contributed by atoms with Crippen LogP contribution in [0.1, 0.15) is 48.0 Å². The van der Waals surface area contributed by atoms with Gasteiger partial charge in [-0.25, -0.2) is 0 Å². The number of hydrogen-bond donors (Lipinski definition) is 0. The second-order valence-electron chi connectivity index (χ2n) is 5.09. The van der Waals surface area contributed by atoms with Crippen molar-refractivity contribution in [3.63, 3.8) is 0 Å². The summed E-state index contributed by atoms with van der Waals surface area (Å²) >= 11 is 1.44. The third-order valence-corrected chi connectivity index (χ3v) is 2.36. The Bertz CT molecular complexity index is 165. The molecule has 0 bridgehead atoms. The van der Waals surface area contributed by atoms with Crippen LogP contribution in [-0.2, 0) is 4.79 Å².